The number of carbonyl (C=O) groups is 2. The van der Waals surface area contributed by atoms with Crippen molar-refractivity contribution in [3.63, 3.8) is 0 Å². The van der Waals surface area contributed by atoms with Crippen LogP contribution >= 0.6 is 0 Å². The summed E-state index contributed by atoms with van der Waals surface area (Å²) in [5.74, 6) is -0.101. The van der Waals surface area contributed by atoms with E-state index in [0.29, 0.717) is 24.9 Å². The molecule has 3 rings (SSSR count). The predicted octanol–water partition coefficient (Wildman–Crippen LogP) is 2.73. The Morgan fingerprint density at radius 2 is 2.00 bits per heavy atom. The minimum absolute atomic E-state index is 0.101. The molecule has 1 saturated heterocycles. The molecule has 1 spiro atoms. The lowest BCUT2D eigenvalue weighted by Gasteiger charge is -2.52. The van der Waals surface area contributed by atoms with Gasteiger partial charge in [-0.2, -0.15) is 0 Å². The molecule has 124 valence electrons. The standard InChI is InChI=1S/C17H23N3O3/c1-16(2,3)13-10-17(8-9-20(13)15(22)23)18-12-7-5-4-6-11(12)14(21)19-17/h4-7,13,18H,8-10H2,1-3H3,(H,19,21)(H,22,23). The van der Waals surface area contributed by atoms with Crippen LogP contribution in [0.25, 0.3) is 0 Å². The highest BCUT2D eigenvalue weighted by Gasteiger charge is 2.48. The average molecular weight is 317 g/mol. The van der Waals surface area contributed by atoms with Crippen LogP contribution in [0.2, 0.25) is 0 Å². The Morgan fingerprint density at radius 1 is 1.30 bits per heavy atom. The Balaban J connectivity index is 1.93. The highest BCUT2D eigenvalue weighted by Crippen LogP contribution is 2.39. The number of piperidine rings is 1. The maximum Gasteiger partial charge on any atom is 0.407 e. The molecule has 2 heterocycles. The van der Waals surface area contributed by atoms with E-state index in [9.17, 15) is 14.7 Å². The SMILES string of the molecule is CC(C)(C)C1CC2(CCN1C(=O)O)NC(=O)c1ccccc1N2. The summed E-state index contributed by atoms with van der Waals surface area (Å²) in [5.41, 5.74) is 0.642. The monoisotopic (exact) mass is 317 g/mol. The highest BCUT2D eigenvalue weighted by atomic mass is 16.4. The first-order valence-corrected chi connectivity index (χ1v) is 7.91. The van der Waals surface area contributed by atoms with Crippen molar-refractivity contribution in [1.82, 2.24) is 10.2 Å². The van der Waals surface area contributed by atoms with Gasteiger partial charge in [0, 0.05) is 31.1 Å². The van der Waals surface area contributed by atoms with Gasteiger partial charge in [-0.3, -0.25) is 4.79 Å². The Labute approximate surface area is 135 Å². The predicted molar refractivity (Wildman–Crippen MR) is 87.5 cm³/mol. The lowest BCUT2D eigenvalue weighted by Crippen LogP contribution is -2.67. The van der Waals surface area contributed by atoms with Crippen LogP contribution in [0, 0.1) is 5.41 Å². The molecule has 1 aromatic carbocycles. The van der Waals surface area contributed by atoms with Crippen LogP contribution < -0.4 is 10.6 Å². The summed E-state index contributed by atoms with van der Waals surface area (Å²) in [5, 5.41) is 16.0. The molecule has 2 aliphatic rings. The fourth-order valence-electron chi connectivity index (χ4n) is 3.60. The molecule has 0 aromatic heterocycles. The minimum Gasteiger partial charge on any atom is -0.465 e. The summed E-state index contributed by atoms with van der Waals surface area (Å²) in [7, 11) is 0. The zero-order chi connectivity index (χ0) is 16.8. The van der Waals surface area contributed by atoms with Crippen molar-refractivity contribution in [1.29, 1.82) is 0 Å². The molecule has 2 atom stereocenters. The molecule has 0 saturated carbocycles. The quantitative estimate of drug-likeness (QED) is 0.687. The third kappa shape index (κ3) is 2.73. The fourth-order valence-corrected chi connectivity index (χ4v) is 3.60. The smallest absolute Gasteiger partial charge is 0.407 e. The first-order chi connectivity index (χ1) is 10.7. The number of hydrogen-bond donors (Lipinski definition) is 3. The van der Waals surface area contributed by atoms with Crippen LogP contribution in [0.15, 0.2) is 24.3 Å². The molecule has 0 radical (unpaired) electrons. The van der Waals surface area contributed by atoms with Gasteiger partial charge in [-0.05, 0) is 17.5 Å². The lowest BCUT2D eigenvalue weighted by atomic mass is 9.76. The van der Waals surface area contributed by atoms with Crippen molar-refractivity contribution in [2.75, 3.05) is 11.9 Å². The lowest BCUT2D eigenvalue weighted by molar-refractivity contribution is 0.0274. The fraction of sp³-hybridized carbons (Fsp3) is 0.529. The van der Waals surface area contributed by atoms with Gasteiger partial charge < -0.3 is 20.6 Å². The van der Waals surface area contributed by atoms with Crippen molar-refractivity contribution >= 4 is 17.7 Å². The Morgan fingerprint density at radius 3 is 2.65 bits per heavy atom. The van der Waals surface area contributed by atoms with Crippen LogP contribution in [-0.4, -0.2) is 40.3 Å². The normalized spacial score (nSPS) is 27.2. The molecule has 2 aliphatic heterocycles. The highest BCUT2D eigenvalue weighted by molar-refractivity contribution is 6.02. The first-order valence-electron chi connectivity index (χ1n) is 7.91. The summed E-state index contributed by atoms with van der Waals surface area (Å²) >= 11 is 0. The molecule has 0 bridgehead atoms. The van der Waals surface area contributed by atoms with E-state index in [4.69, 9.17) is 0 Å². The molecule has 23 heavy (non-hydrogen) atoms. The number of carboxylic acid groups (broad SMARTS) is 1. The van der Waals surface area contributed by atoms with E-state index in [2.05, 4.69) is 10.6 Å². The zero-order valence-corrected chi connectivity index (χ0v) is 13.7. The molecule has 1 aromatic rings. The van der Waals surface area contributed by atoms with E-state index in [1.807, 2.05) is 39.0 Å². The Kier molecular flexibility index (Phi) is 3.50. The third-order valence-corrected chi connectivity index (χ3v) is 4.84. The third-order valence-electron chi connectivity index (χ3n) is 4.84. The second kappa shape index (κ2) is 5.15. The molecular formula is C17H23N3O3. The van der Waals surface area contributed by atoms with Gasteiger partial charge in [0.15, 0.2) is 0 Å². The van der Waals surface area contributed by atoms with Gasteiger partial charge in [0.1, 0.15) is 5.66 Å². The van der Waals surface area contributed by atoms with Gasteiger partial charge in [-0.15, -0.1) is 0 Å². The largest absolute Gasteiger partial charge is 0.465 e. The van der Waals surface area contributed by atoms with E-state index >= 15 is 0 Å². The molecule has 6 heteroatoms. The Bertz CT molecular complexity index is 653. The topological polar surface area (TPSA) is 81.7 Å². The number of para-hydroxylation sites is 1. The van der Waals surface area contributed by atoms with Crippen molar-refractivity contribution in [2.45, 2.75) is 45.3 Å². The number of hydrogen-bond acceptors (Lipinski definition) is 3. The first kappa shape index (κ1) is 15.6. The van der Waals surface area contributed by atoms with Crippen molar-refractivity contribution in [3.05, 3.63) is 29.8 Å². The van der Waals surface area contributed by atoms with Crippen molar-refractivity contribution in [3.8, 4) is 0 Å². The summed E-state index contributed by atoms with van der Waals surface area (Å²) in [6.07, 6.45) is 0.191. The van der Waals surface area contributed by atoms with Crippen LogP contribution in [0.1, 0.15) is 44.0 Å². The number of rotatable bonds is 0. The van der Waals surface area contributed by atoms with Crippen molar-refractivity contribution < 1.29 is 14.7 Å². The summed E-state index contributed by atoms with van der Waals surface area (Å²) in [6.45, 7) is 6.49. The number of carbonyl (C=O) groups excluding carboxylic acids is 1. The van der Waals surface area contributed by atoms with E-state index in [1.165, 1.54) is 4.90 Å². The number of amides is 2. The molecule has 2 amide bonds. The maximum absolute atomic E-state index is 12.4. The van der Waals surface area contributed by atoms with Crippen LogP contribution in [0.4, 0.5) is 10.5 Å². The van der Waals surface area contributed by atoms with E-state index in [0.717, 1.165) is 5.69 Å². The van der Waals surface area contributed by atoms with E-state index < -0.39 is 11.8 Å². The van der Waals surface area contributed by atoms with Gasteiger partial charge in [-0.1, -0.05) is 32.9 Å². The van der Waals surface area contributed by atoms with Gasteiger partial charge >= 0.3 is 6.09 Å². The summed E-state index contributed by atoms with van der Waals surface area (Å²) < 4.78 is 0. The van der Waals surface area contributed by atoms with Gasteiger partial charge in [0.05, 0.1) is 5.56 Å². The van der Waals surface area contributed by atoms with Gasteiger partial charge in [0.2, 0.25) is 0 Å². The van der Waals surface area contributed by atoms with Crippen LogP contribution in [0.5, 0.6) is 0 Å². The number of nitrogens with zero attached hydrogens (tertiary/aromatic N) is 1. The van der Waals surface area contributed by atoms with Crippen LogP contribution in [0.3, 0.4) is 0 Å². The molecule has 3 N–H and O–H groups in total. The average Bonchev–Trinajstić information content (AvgIpc) is 2.46. The number of anilines is 1. The maximum atomic E-state index is 12.4. The van der Waals surface area contributed by atoms with Gasteiger partial charge in [-0.25, -0.2) is 4.79 Å². The zero-order valence-electron chi connectivity index (χ0n) is 13.7. The summed E-state index contributed by atoms with van der Waals surface area (Å²) in [4.78, 5) is 25.5. The number of benzene rings is 1. The molecule has 2 unspecified atom stereocenters. The molecular weight excluding hydrogens is 294 g/mol. The van der Waals surface area contributed by atoms with E-state index in [-0.39, 0.29) is 17.4 Å². The Hall–Kier alpha value is -2.24. The minimum atomic E-state index is -0.901. The van der Waals surface area contributed by atoms with Gasteiger partial charge in [0.25, 0.3) is 5.91 Å². The second-order valence-corrected chi connectivity index (χ2v) is 7.52. The summed E-state index contributed by atoms with van der Waals surface area (Å²) in [6, 6.07) is 7.24. The molecule has 0 aliphatic carbocycles. The van der Waals surface area contributed by atoms with Crippen LogP contribution in [-0.2, 0) is 0 Å². The molecule has 1 fully saturated rings. The van der Waals surface area contributed by atoms with Crippen molar-refractivity contribution in [2.24, 2.45) is 5.41 Å². The second-order valence-electron chi connectivity index (χ2n) is 7.52. The molecule has 6 nitrogen and oxygen atoms in total. The number of fused-ring (bicyclic) bond motifs is 1. The number of likely N-dealkylation sites (tertiary alicyclic amines) is 1. The number of nitrogens with one attached hydrogen (secondary N) is 2. The van der Waals surface area contributed by atoms with E-state index in [1.54, 1.807) is 6.07 Å².